The summed E-state index contributed by atoms with van der Waals surface area (Å²) in [6.45, 7) is 5.20. The first-order chi connectivity index (χ1) is 8.67. The highest BCUT2D eigenvalue weighted by Crippen LogP contribution is 2.14. The molecule has 2 aromatic rings. The second-order valence-corrected chi connectivity index (χ2v) is 4.47. The summed E-state index contributed by atoms with van der Waals surface area (Å²) < 4.78 is 5.70. The molecule has 18 heavy (non-hydrogen) atoms. The fourth-order valence-electron chi connectivity index (χ4n) is 1.94. The van der Waals surface area contributed by atoms with Crippen LogP contribution in [0.1, 0.15) is 22.4 Å². The van der Waals surface area contributed by atoms with E-state index in [1.54, 1.807) is 6.20 Å². The molecule has 0 fully saturated rings. The Morgan fingerprint density at radius 1 is 1.11 bits per heavy atom. The lowest BCUT2D eigenvalue weighted by Crippen LogP contribution is -2.00. The van der Waals surface area contributed by atoms with Gasteiger partial charge in [0.05, 0.1) is 11.9 Å². The summed E-state index contributed by atoms with van der Waals surface area (Å²) in [6, 6.07) is 10.2. The summed E-state index contributed by atoms with van der Waals surface area (Å²) in [5, 5.41) is 0. The molecule has 0 aliphatic carbocycles. The summed E-state index contributed by atoms with van der Waals surface area (Å²) in [6.07, 6.45) is 1.71. The van der Waals surface area contributed by atoms with E-state index in [2.05, 4.69) is 37.0 Å². The van der Waals surface area contributed by atoms with Crippen LogP contribution in [0.4, 0.5) is 0 Å². The Hall–Kier alpha value is -1.87. The predicted molar refractivity (Wildman–Crippen MR) is 72.4 cm³/mol. The number of nitrogens with zero attached hydrogens (tertiary/aromatic N) is 1. The van der Waals surface area contributed by atoms with Crippen LogP contribution in [0.5, 0.6) is 5.75 Å². The summed E-state index contributed by atoms with van der Waals surface area (Å²) in [4.78, 5) is 4.19. The highest BCUT2D eigenvalue weighted by atomic mass is 16.5. The highest BCUT2D eigenvalue weighted by molar-refractivity contribution is 5.29. The van der Waals surface area contributed by atoms with E-state index < -0.39 is 0 Å². The molecule has 0 bridgehead atoms. The second-order valence-electron chi connectivity index (χ2n) is 4.47. The third kappa shape index (κ3) is 3.31. The fourth-order valence-corrected chi connectivity index (χ4v) is 1.94. The van der Waals surface area contributed by atoms with Crippen molar-refractivity contribution in [2.45, 2.75) is 27.0 Å². The predicted octanol–water partition coefficient (Wildman–Crippen LogP) is 2.74. The molecule has 94 valence electrons. The summed E-state index contributed by atoms with van der Waals surface area (Å²) >= 11 is 0. The number of aromatic nitrogens is 1. The van der Waals surface area contributed by atoms with Gasteiger partial charge < -0.3 is 10.5 Å². The van der Waals surface area contributed by atoms with Crippen LogP contribution in [0, 0.1) is 13.8 Å². The molecule has 1 aromatic carbocycles. The van der Waals surface area contributed by atoms with Crippen LogP contribution >= 0.6 is 0 Å². The number of ether oxygens (including phenoxy) is 1. The van der Waals surface area contributed by atoms with E-state index >= 15 is 0 Å². The van der Waals surface area contributed by atoms with Gasteiger partial charge in [0.15, 0.2) is 0 Å². The van der Waals surface area contributed by atoms with Gasteiger partial charge in [0.1, 0.15) is 12.4 Å². The number of aryl methyl sites for hydroxylation is 2. The molecule has 0 aliphatic rings. The molecule has 0 radical (unpaired) electrons. The maximum absolute atomic E-state index is 5.70. The van der Waals surface area contributed by atoms with Crippen LogP contribution in [0.3, 0.4) is 0 Å². The Morgan fingerprint density at radius 3 is 2.39 bits per heavy atom. The van der Waals surface area contributed by atoms with Gasteiger partial charge >= 0.3 is 0 Å². The lowest BCUT2D eigenvalue weighted by Gasteiger charge is -2.08. The van der Waals surface area contributed by atoms with Crippen molar-refractivity contribution in [3.05, 3.63) is 58.9 Å². The maximum Gasteiger partial charge on any atom is 0.138 e. The van der Waals surface area contributed by atoms with Crippen LogP contribution in [-0.2, 0) is 13.2 Å². The zero-order valence-corrected chi connectivity index (χ0v) is 10.8. The quantitative estimate of drug-likeness (QED) is 0.896. The van der Waals surface area contributed by atoms with Gasteiger partial charge in [0.25, 0.3) is 0 Å². The first-order valence-corrected chi connectivity index (χ1v) is 6.02. The largest absolute Gasteiger partial charge is 0.487 e. The molecule has 0 spiro atoms. The molecule has 3 heteroatoms. The van der Waals surface area contributed by atoms with E-state index in [-0.39, 0.29) is 0 Å². The molecule has 0 atom stereocenters. The third-order valence-corrected chi connectivity index (χ3v) is 2.69. The van der Waals surface area contributed by atoms with E-state index in [4.69, 9.17) is 10.5 Å². The van der Waals surface area contributed by atoms with E-state index in [1.165, 1.54) is 16.7 Å². The summed E-state index contributed by atoms with van der Waals surface area (Å²) in [5.74, 6) is 0.770. The Bertz CT molecular complexity index is 500. The molecular formula is C15H18N2O. The molecule has 0 unspecified atom stereocenters. The Kier molecular flexibility index (Phi) is 3.95. The van der Waals surface area contributed by atoms with E-state index in [9.17, 15) is 0 Å². The van der Waals surface area contributed by atoms with Crippen molar-refractivity contribution in [1.82, 2.24) is 4.98 Å². The first kappa shape index (κ1) is 12.6. The van der Waals surface area contributed by atoms with Crippen molar-refractivity contribution in [3.8, 4) is 5.75 Å². The molecule has 3 nitrogen and oxygen atoms in total. The van der Waals surface area contributed by atoms with Crippen LogP contribution in [-0.4, -0.2) is 4.98 Å². The molecule has 1 aromatic heterocycles. The van der Waals surface area contributed by atoms with Crippen molar-refractivity contribution in [3.63, 3.8) is 0 Å². The SMILES string of the molecule is Cc1cc(C)cc(COc2ccc(CN)nc2)c1. The van der Waals surface area contributed by atoms with Gasteiger partial charge in [-0.05, 0) is 31.5 Å². The van der Waals surface area contributed by atoms with Gasteiger partial charge in [-0.25, -0.2) is 0 Å². The van der Waals surface area contributed by atoms with Gasteiger partial charge in [-0.15, -0.1) is 0 Å². The zero-order valence-electron chi connectivity index (χ0n) is 10.8. The minimum absolute atomic E-state index is 0.456. The number of benzene rings is 1. The van der Waals surface area contributed by atoms with Gasteiger partial charge in [0, 0.05) is 6.54 Å². The van der Waals surface area contributed by atoms with Crippen molar-refractivity contribution < 1.29 is 4.74 Å². The van der Waals surface area contributed by atoms with Crippen LogP contribution < -0.4 is 10.5 Å². The Balaban J connectivity index is 2.01. The lowest BCUT2D eigenvalue weighted by atomic mass is 10.1. The molecule has 0 saturated carbocycles. The standard InChI is InChI=1S/C15H18N2O/c1-11-5-12(2)7-13(6-11)10-18-15-4-3-14(8-16)17-9-15/h3-7,9H,8,10,16H2,1-2H3. The molecule has 2 N–H and O–H groups in total. The zero-order chi connectivity index (χ0) is 13.0. The molecule has 0 aliphatic heterocycles. The Morgan fingerprint density at radius 2 is 1.83 bits per heavy atom. The maximum atomic E-state index is 5.70. The van der Waals surface area contributed by atoms with E-state index in [0.29, 0.717) is 13.2 Å². The van der Waals surface area contributed by atoms with Crippen molar-refractivity contribution >= 4 is 0 Å². The number of hydrogen-bond acceptors (Lipinski definition) is 3. The van der Waals surface area contributed by atoms with E-state index in [0.717, 1.165) is 11.4 Å². The molecule has 0 saturated heterocycles. The van der Waals surface area contributed by atoms with Gasteiger partial charge in [-0.3, -0.25) is 4.98 Å². The minimum Gasteiger partial charge on any atom is -0.487 e. The number of nitrogens with two attached hydrogens (primary N) is 1. The number of rotatable bonds is 4. The third-order valence-electron chi connectivity index (χ3n) is 2.69. The van der Waals surface area contributed by atoms with Gasteiger partial charge in [-0.2, -0.15) is 0 Å². The molecule has 0 amide bonds. The number of hydrogen-bond donors (Lipinski definition) is 1. The molecule has 2 rings (SSSR count). The van der Waals surface area contributed by atoms with E-state index in [1.807, 2.05) is 12.1 Å². The Labute approximate surface area is 108 Å². The van der Waals surface area contributed by atoms with Crippen molar-refractivity contribution in [2.24, 2.45) is 5.73 Å². The normalized spacial score (nSPS) is 10.4. The van der Waals surface area contributed by atoms with Crippen LogP contribution in [0.2, 0.25) is 0 Å². The topological polar surface area (TPSA) is 48.1 Å². The fraction of sp³-hybridized carbons (Fsp3) is 0.267. The average molecular weight is 242 g/mol. The van der Waals surface area contributed by atoms with Crippen molar-refractivity contribution in [1.29, 1.82) is 0 Å². The first-order valence-electron chi connectivity index (χ1n) is 6.02. The highest BCUT2D eigenvalue weighted by Gasteiger charge is 1.99. The van der Waals surface area contributed by atoms with Crippen molar-refractivity contribution in [2.75, 3.05) is 0 Å². The molecular weight excluding hydrogens is 224 g/mol. The van der Waals surface area contributed by atoms with Gasteiger partial charge in [0.2, 0.25) is 0 Å². The summed E-state index contributed by atoms with van der Waals surface area (Å²) in [7, 11) is 0. The molecule has 1 heterocycles. The number of pyridine rings is 1. The summed E-state index contributed by atoms with van der Waals surface area (Å²) in [5.41, 5.74) is 10.1. The minimum atomic E-state index is 0.456. The second kappa shape index (κ2) is 5.65. The van der Waals surface area contributed by atoms with Crippen LogP contribution in [0.25, 0.3) is 0 Å². The smallest absolute Gasteiger partial charge is 0.138 e. The average Bonchev–Trinajstić information content (AvgIpc) is 2.36. The van der Waals surface area contributed by atoms with Crippen LogP contribution in [0.15, 0.2) is 36.5 Å². The van der Waals surface area contributed by atoms with Gasteiger partial charge in [-0.1, -0.05) is 29.3 Å². The monoisotopic (exact) mass is 242 g/mol. The lowest BCUT2D eigenvalue weighted by molar-refractivity contribution is 0.304.